The lowest BCUT2D eigenvalue weighted by Crippen LogP contribution is -2.49. The fourth-order valence-electron chi connectivity index (χ4n) is 4.26. The number of rotatable bonds is 6. The largest absolute Gasteiger partial charge is 0.357 e. The van der Waals surface area contributed by atoms with Crippen molar-refractivity contribution in [1.82, 2.24) is 29.8 Å². The van der Waals surface area contributed by atoms with E-state index in [0.29, 0.717) is 17.0 Å². The van der Waals surface area contributed by atoms with Crippen LogP contribution in [0.5, 0.6) is 0 Å². The smallest absolute Gasteiger partial charge is 0.329 e. The molecule has 37 heavy (non-hydrogen) atoms. The Morgan fingerprint density at radius 1 is 0.973 bits per heavy atom. The number of hydrogen-bond donors (Lipinski definition) is 3. The fourth-order valence-corrected chi connectivity index (χ4v) is 4.26. The minimum atomic E-state index is -0.831. The average Bonchev–Trinajstić information content (AvgIpc) is 3.51. The van der Waals surface area contributed by atoms with Crippen LogP contribution in [0.2, 0.25) is 0 Å². The van der Waals surface area contributed by atoms with E-state index in [1.54, 1.807) is 22.9 Å². The topological polar surface area (TPSA) is 123 Å². The number of urea groups is 1. The fraction of sp³-hybridized carbons (Fsp3) is 0.111. The third kappa shape index (κ3) is 4.53. The summed E-state index contributed by atoms with van der Waals surface area (Å²) in [6.45, 7) is 4.70. The van der Waals surface area contributed by atoms with Crippen LogP contribution in [-0.4, -0.2) is 36.3 Å². The predicted octanol–water partition coefficient (Wildman–Crippen LogP) is 4.27. The first-order valence-corrected chi connectivity index (χ1v) is 11.8. The summed E-state index contributed by atoms with van der Waals surface area (Å²) in [7, 11) is 0. The van der Waals surface area contributed by atoms with E-state index in [-0.39, 0.29) is 5.56 Å². The van der Waals surface area contributed by atoms with Gasteiger partial charge in [0, 0.05) is 23.7 Å². The van der Waals surface area contributed by atoms with Crippen molar-refractivity contribution in [1.29, 1.82) is 0 Å². The highest BCUT2D eigenvalue weighted by molar-refractivity contribution is 6.06. The van der Waals surface area contributed by atoms with Crippen LogP contribution in [0, 0.1) is 6.92 Å². The minimum Gasteiger partial charge on any atom is -0.329 e. The zero-order chi connectivity index (χ0) is 25.9. The summed E-state index contributed by atoms with van der Waals surface area (Å²) >= 11 is 0. The highest BCUT2D eigenvalue weighted by atomic mass is 16.2. The van der Waals surface area contributed by atoms with Crippen LogP contribution in [0.4, 0.5) is 10.6 Å². The van der Waals surface area contributed by atoms with E-state index in [1.165, 1.54) is 0 Å². The summed E-state index contributed by atoms with van der Waals surface area (Å²) in [5.41, 5.74) is 9.12. The molecule has 0 saturated carbocycles. The molecule has 10 heteroatoms. The van der Waals surface area contributed by atoms with Crippen LogP contribution >= 0.6 is 0 Å². The van der Waals surface area contributed by atoms with Gasteiger partial charge in [0.1, 0.15) is 11.6 Å². The first-order valence-electron chi connectivity index (χ1n) is 11.8. The molecule has 0 saturated heterocycles. The van der Waals surface area contributed by atoms with Crippen molar-refractivity contribution in [3.05, 3.63) is 96.3 Å². The maximum absolute atomic E-state index is 13.6. The molecule has 0 radical (unpaired) electrons. The molecule has 0 fully saturated rings. The number of nitrogens with one attached hydrogen (secondary N) is 2. The number of amides is 3. The second-order valence-corrected chi connectivity index (χ2v) is 8.34. The summed E-state index contributed by atoms with van der Waals surface area (Å²) in [6.07, 6.45) is 0. The Kier molecular flexibility index (Phi) is 6.40. The predicted molar refractivity (Wildman–Crippen MR) is 142 cm³/mol. The molecule has 0 aliphatic rings. The van der Waals surface area contributed by atoms with Crippen molar-refractivity contribution < 1.29 is 9.59 Å². The lowest BCUT2D eigenvalue weighted by Gasteiger charge is -2.22. The van der Waals surface area contributed by atoms with Crippen molar-refractivity contribution in [3.63, 3.8) is 0 Å². The number of hydrazine groups is 2. The quantitative estimate of drug-likeness (QED) is 0.184. The lowest BCUT2D eigenvalue weighted by molar-refractivity contribution is 0.0829. The number of fused-ring (bicyclic) bond motifs is 1. The Labute approximate surface area is 213 Å². The number of anilines is 1. The summed E-state index contributed by atoms with van der Waals surface area (Å²) in [5.74, 6) is 6.09. The Hall–Kier alpha value is -4.96. The van der Waals surface area contributed by atoms with Crippen molar-refractivity contribution in [2.24, 2.45) is 5.84 Å². The molecule has 5 aromatic rings. The van der Waals surface area contributed by atoms with Gasteiger partial charge in [0.2, 0.25) is 0 Å². The van der Waals surface area contributed by atoms with Gasteiger partial charge in [0.05, 0.1) is 22.4 Å². The van der Waals surface area contributed by atoms with Crippen LogP contribution < -0.4 is 16.7 Å². The molecule has 5 rings (SSSR count). The van der Waals surface area contributed by atoms with E-state index in [1.807, 2.05) is 86.0 Å². The minimum absolute atomic E-state index is 0.276. The molecule has 0 unspecified atom stereocenters. The number of benzene rings is 3. The normalized spacial score (nSPS) is 10.9. The van der Waals surface area contributed by atoms with E-state index in [4.69, 9.17) is 10.9 Å². The number of carbonyl (C=O) groups excluding carboxylic acids is 2. The number of para-hydroxylation sites is 1. The Morgan fingerprint density at radius 2 is 1.68 bits per heavy atom. The van der Waals surface area contributed by atoms with Crippen molar-refractivity contribution in [2.75, 3.05) is 5.43 Å². The van der Waals surface area contributed by atoms with Gasteiger partial charge in [-0.3, -0.25) is 15.6 Å². The molecule has 186 valence electrons. The van der Waals surface area contributed by atoms with Crippen molar-refractivity contribution >= 4 is 28.8 Å². The third-order valence-corrected chi connectivity index (χ3v) is 6.04. The van der Waals surface area contributed by atoms with Gasteiger partial charge in [-0.15, -0.1) is 0 Å². The molecule has 4 N–H and O–H groups in total. The molecule has 2 heterocycles. The Bertz CT molecular complexity index is 1570. The second-order valence-electron chi connectivity index (χ2n) is 8.34. The molecule has 3 amide bonds. The molecular formula is C27H26N8O2. The number of imide groups is 1. The van der Waals surface area contributed by atoms with Gasteiger partial charge in [-0.05, 0) is 44.2 Å². The second kappa shape index (κ2) is 9.96. The van der Waals surface area contributed by atoms with Gasteiger partial charge in [-0.2, -0.15) is 10.1 Å². The SMILES string of the molecule is CCn1c(C)nc2cc(C(=O)N(Nc3cc(-c4ccccc4)nn3-c3ccccc3)C(=O)NN)ccc21. The van der Waals surface area contributed by atoms with E-state index in [9.17, 15) is 9.59 Å². The molecule has 10 nitrogen and oxygen atoms in total. The van der Waals surface area contributed by atoms with Gasteiger partial charge in [0.15, 0.2) is 0 Å². The van der Waals surface area contributed by atoms with Gasteiger partial charge in [-0.25, -0.2) is 20.3 Å². The zero-order valence-electron chi connectivity index (χ0n) is 20.4. The highest BCUT2D eigenvalue weighted by Gasteiger charge is 2.26. The first kappa shape index (κ1) is 23.8. The third-order valence-electron chi connectivity index (χ3n) is 6.04. The Morgan fingerprint density at radius 3 is 2.35 bits per heavy atom. The van der Waals surface area contributed by atoms with Crippen LogP contribution in [0.3, 0.4) is 0 Å². The number of nitrogens with two attached hydrogens (primary N) is 1. The molecule has 0 spiro atoms. The number of nitrogens with zero attached hydrogens (tertiary/aromatic N) is 5. The van der Waals surface area contributed by atoms with Crippen LogP contribution in [0.1, 0.15) is 23.1 Å². The summed E-state index contributed by atoms with van der Waals surface area (Å²) in [5, 5.41) is 5.55. The zero-order valence-corrected chi connectivity index (χ0v) is 20.4. The molecule has 3 aromatic carbocycles. The average molecular weight is 495 g/mol. The van der Waals surface area contributed by atoms with Crippen molar-refractivity contribution in [2.45, 2.75) is 20.4 Å². The maximum atomic E-state index is 13.6. The number of hydrogen-bond acceptors (Lipinski definition) is 6. The standard InChI is InChI=1S/C27H26N8O2/c1-3-33-18(2)29-23-16-20(14-15-24(23)33)26(36)35(27(37)30-28)32-25-17-22(19-10-6-4-7-11-19)31-34(25)21-12-8-5-9-13-21/h4-17,32H,3,28H2,1-2H3,(H,30,37). The van der Waals surface area contributed by atoms with Crippen LogP contribution in [0.15, 0.2) is 84.9 Å². The van der Waals surface area contributed by atoms with Crippen LogP contribution in [-0.2, 0) is 6.54 Å². The summed E-state index contributed by atoms with van der Waals surface area (Å²) in [4.78, 5) is 30.9. The maximum Gasteiger partial charge on any atom is 0.357 e. The number of imidazole rings is 1. The van der Waals surface area contributed by atoms with E-state index < -0.39 is 11.9 Å². The Balaban J connectivity index is 1.55. The molecule has 0 aliphatic heterocycles. The summed E-state index contributed by atoms with van der Waals surface area (Å²) in [6, 6.07) is 25.1. The molecular weight excluding hydrogens is 468 g/mol. The van der Waals surface area contributed by atoms with Gasteiger partial charge in [0.25, 0.3) is 5.91 Å². The van der Waals surface area contributed by atoms with E-state index in [2.05, 4.69) is 15.0 Å². The monoisotopic (exact) mass is 494 g/mol. The van der Waals surface area contributed by atoms with Gasteiger partial charge >= 0.3 is 6.03 Å². The number of aryl methyl sites for hydroxylation is 2. The van der Waals surface area contributed by atoms with Gasteiger partial charge < -0.3 is 4.57 Å². The van der Waals surface area contributed by atoms with Crippen molar-refractivity contribution in [3.8, 4) is 16.9 Å². The summed E-state index contributed by atoms with van der Waals surface area (Å²) < 4.78 is 3.68. The number of carbonyl (C=O) groups is 2. The van der Waals surface area contributed by atoms with Gasteiger partial charge in [-0.1, -0.05) is 48.5 Å². The highest BCUT2D eigenvalue weighted by Crippen LogP contribution is 2.26. The molecule has 0 atom stereocenters. The number of aromatic nitrogens is 4. The van der Waals surface area contributed by atoms with Crippen LogP contribution in [0.25, 0.3) is 28.0 Å². The van der Waals surface area contributed by atoms with E-state index >= 15 is 0 Å². The first-order chi connectivity index (χ1) is 18.0. The molecule has 2 aromatic heterocycles. The lowest BCUT2D eigenvalue weighted by atomic mass is 10.1. The molecule has 0 bridgehead atoms. The van der Waals surface area contributed by atoms with E-state index in [0.717, 1.165) is 34.1 Å². The molecule has 0 aliphatic carbocycles.